The monoisotopic (exact) mass is 356 g/mol. The van der Waals surface area contributed by atoms with E-state index in [0.29, 0.717) is 28.2 Å². The van der Waals surface area contributed by atoms with E-state index in [-0.39, 0.29) is 0 Å². The first-order valence-corrected chi connectivity index (χ1v) is 7.90. The molecule has 2 aromatic carbocycles. The molecule has 0 fully saturated rings. The van der Waals surface area contributed by atoms with Crippen LogP contribution in [0.15, 0.2) is 54.9 Å². The SMILES string of the molecule is COc1ccc(OC)c(Nc2cc(Nc3ccccc3Cl)ncn2)c1. The van der Waals surface area contributed by atoms with Gasteiger partial charge >= 0.3 is 0 Å². The van der Waals surface area contributed by atoms with Gasteiger partial charge in [-0.1, -0.05) is 23.7 Å². The topological polar surface area (TPSA) is 68.3 Å². The molecule has 25 heavy (non-hydrogen) atoms. The lowest BCUT2D eigenvalue weighted by atomic mass is 10.2. The zero-order valence-electron chi connectivity index (χ0n) is 13.8. The van der Waals surface area contributed by atoms with Crippen LogP contribution >= 0.6 is 11.6 Å². The third kappa shape index (κ3) is 4.10. The molecular weight excluding hydrogens is 340 g/mol. The highest BCUT2D eigenvalue weighted by molar-refractivity contribution is 6.33. The summed E-state index contributed by atoms with van der Waals surface area (Å²) >= 11 is 6.16. The van der Waals surface area contributed by atoms with Crippen molar-refractivity contribution in [3.63, 3.8) is 0 Å². The molecule has 0 aliphatic carbocycles. The highest BCUT2D eigenvalue weighted by Crippen LogP contribution is 2.31. The maximum absolute atomic E-state index is 6.16. The van der Waals surface area contributed by atoms with E-state index in [1.807, 2.05) is 42.5 Å². The molecule has 3 rings (SSSR count). The first-order valence-electron chi connectivity index (χ1n) is 7.52. The van der Waals surface area contributed by atoms with Crippen molar-refractivity contribution in [3.8, 4) is 11.5 Å². The Morgan fingerprint density at radius 2 is 1.56 bits per heavy atom. The predicted octanol–water partition coefficient (Wildman–Crippen LogP) is 4.63. The number of nitrogens with zero attached hydrogens (tertiary/aromatic N) is 2. The molecule has 0 unspecified atom stereocenters. The van der Waals surface area contributed by atoms with Crippen LogP contribution in [0.25, 0.3) is 0 Å². The van der Waals surface area contributed by atoms with Gasteiger partial charge in [-0.3, -0.25) is 0 Å². The first-order chi connectivity index (χ1) is 12.2. The van der Waals surface area contributed by atoms with Crippen molar-refractivity contribution in [2.24, 2.45) is 0 Å². The van der Waals surface area contributed by atoms with Crippen LogP contribution in [-0.2, 0) is 0 Å². The van der Waals surface area contributed by atoms with E-state index in [4.69, 9.17) is 21.1 Å². The van der Waals surface area contributed by atoms with Crippen LogP contribution in [0.3, 0.4) is 0 Å². The van der Waals surface area contributed by atoms with E-state index in [1.165, 1.54) is 6.33 Å². The second kappa shape index (κ2) is 7.72. The number of para-hydroxylation sites is 1. The van der Waals surface area contributed by atoms with Gasteiger partial charge in [0.1, 0.15) is 29.5 Å². The van der Waals surface area contributed by atoms with E-state index in [2.05, 4.69) is 20.6 Å². The molecular formula is C18H17ClN4O2. The molecule has 0 aliphatic rings. The van der Waals surface area contributed by atoms with Gasteiger partial charge in [-0.25, -0.2) is 9.97 Å². The molecule has 0 saturated heterocycles. The van der Waals surface area contributed by atoms with Crippen molar-refractivity contribution in [3.05, 3.63) is 59.9 Å². The summed E-state index contributed by atoms with van der Waals surface area (Å²) in [6.45, 7) is 0. The molecule has 1 heterocycles. The van der Waals surface area contributed by atoms with Crippen molar-refractivity contribution in [2.75, 3.05) is 24.9 Å². The fourth-order valence-electron chi connectivity index (χ4n) is 2.24. The zero-order chi connectivity index (χ0) is 17.6. The van der Waals surface area contributed by atoms with Crippen molar-refractivity contribution in [2.45, 2.75) is 0 Å². The number of anilines is 4. The quantitative estimate of drug-likeness (QED) is 0.671. The number of hydrogen-bond acceptors (Lipinski definition) is 6. The Bertz CT molecular complexity index is 873. The fraction of sp³-hybridized carbons (Fsp3) is 0.111. The van der Waals surface area contributed by atoms with Crippen LogP contribution < -0.4 is 20.1 Å². The lowest BCUT2D eigenvalue weighted by molar-refractivity contribution is 0.405. The van der Waals surface area contributed by atoms with Crippen molar-refractivity contribution in [1.29, 1.82) is 0 Å². The van der Waals surface area contributed by atoms with Gasteiger partial charge in [-0.2, -0.15) is 0 Å². The Morgan fingerprint density at radius 3 is 2.24 bits per heavy atom. The van der Waals surface area contributed by atoms with Crippen molar-refractivity contribution in [1.82, 2.24) is 9.97 Å². The van der Waals surface area contributed by atoms with Crippen molar-refractivity contribution < 1.29 is 9.47 Å². The van der Waals surface area contributed by atoms with E-state index in [0.717, 1.165) is 11.4 Å². The Labute approximate surface area is 150 Å². The molecule has 0 aliphatic heterocycles. The summed E-state index contributed by atoms with van der Waals surface area (Å²) in [5.41, 5.74) is 1.51. The van der Waals surface area contributed by atoms with Gasteiger partial charge in [0.2, 0.25) is 0 Å². The van der Waals surface area contributed by atoms with Crippen molar-refractivity contribution >= 4 is 34.6 Å². The molecule has 0 atom stereocenters. The minimum absolute atomic E-state index is 0.608. The van der Waals surface area contributed by atoms with E-state index < -0.39 is 0 Å². The van der Waals surface area contributed by atoms with Crippen LogP contribution in [0, 0.1) is 0 Å². The van der Waals surface area contributed by atoms with Gasteiger partial charge in [0.05, 0.1) is 30.6 Å². The average molecular weight is 357 g/mol. The molecule has 1 aromatic heterocycles. The molecule has 0 spiro atoms. The molecule has 0 bridgehead atoms. The number of hydrogen-bond donors (Lipinski definition) is 2. The molecule has 2 N–H and O–H groups in total. The fourth-order valence-corrected chi connectivity index (χ4v) is 2.43. The molecule has 7 heteroatoms. The smallest absolute Gasteiger partial charge is 0.142 e. The van der Waals surface area contributed by atoms with Crippen LogP contribution in [0.2, 0.25) is 5.02 Å². The summed E-state index contributed by atoms with van der Waals surface area (Å²) in [5.74, 6) is 2.62. The normalized spacial score (nSPS) is 10.2. The zero-order valence-corrected chi connectivity index (χ0v) is 14.5. The van der Waals surface area contributed by atoms with Crippen LogP contribution in [0.4, 0.5) is 23.0 Å². The lowest BCUT2D eigenvalue weighted by Crippen LogP contribution is -2.00. The molecule has 0 saturated carbocycles. The Morgan fingerprint density at radius 1 is 0.840 bits per heavy atom. The highest BCUT2D eigenvalue weighted by Gasteiger charge is 2.08. The van der Waals surface area contributed by atoms with Gasteiger partial charge in [0.25, 0.3) is 0 Å². The minimum Gasteiger partial charge on any atom is -0.497 e. The summed E-state index contributed by atoms with van der Waals surface area (Å²) in [6, 6.07) is 14.7. The highest BCUT2D eigenvalue weighted by atomic mass is 35.5. The van der Waals surface area contributed by atoms with E-state index >= 15 is 0 Å². The summed E-state index contributed by atoms with van der Waals surface area (Å²) in [4.78, 5) is 8.45. The molecule has 3 aromatic rings. The lowest BCUT2D eigenvalue weighted by Gasteiger charge is -2.13. The van der Waals surface area contributed by atoms with E-state index in [9.17, 15) is 0 Å². The number of aromatic nitrogens is 2. The van der Waals surface area contributed by atoms with Gasteiger partial charge < -0.3 is 20.1 Å². The van der Waals surface area contributed by atoms with Crippen LogP contribution in [0.5, 0.6) is 11.5 Å². The maximum Gasteiger partial charge on any atom is 0.142 e. The van der Waals surface area contributed by atoms with Crippen LogP contribution in [0.1, 0.15) is 0 Å². The van der Waals surface area contributed by atoms with Gasteiger partial charge in [-0.15, -0.1) is 0 Å². The average Bonchev–Trinajstić information content (AvgIpc) is 2.64. The predicted molar refractivity (Wildman–Crippen MR) is 99.6 cm³/mol. The summed E-state index contributed by atoms with van der Waals surface area (Å²) < 4.78 is 10.6. The third-order valence-electron chi connectivity index (χ3n) is 3.47. The summed E-state index contributed by atoms with van der Waals surface area (Å²) in [7, 11) is 3.22. The number of halogens is 1. The number of rotatable bonds is 6. The van der Waals surface area contributed by atoms with Gasteiger partial charge in [0.15, 0.2) is 0 Å². The summed E-state index contributed by atoms with van der Waals surface area (Å²) in [5, 5.41) is 7.00. The minimum atomic E-state index is 0.608. The van der Waals surface area contributed by atoms with Gasteiger partial charge in [-0.05, 0) is 24.3 Å². The summed E-state index contributed by atoms with van der Waals surface area (Å²) in [6.07, 6.45) is 1.47. The molecule has 6 nitrogen and oxygen atoms in total. The molecule has 128 valence electrons. The Hall–Kier alpha value is -2.99. The number of methoxy groups -OCH3 is 2. The number of benzene rings is 2. The number of ether oxygens (including phenoxy) is 2. The Kier molecular flexibility index (Phi) is 5.20. The molecule has 0 radical (unpaired) electrons. The third-order valence-corrected chi connectivity index (χ3v) is 3.80. The Balaban J connectivity index is 1.84. The largest absolute Gasteiger partial charge is 0.497 e. The number of nitrogens with one attached hydrogen (secondary N) is 2. The molecule has 0 amide bonds. The first kappa shape index (κ1) is 16.9. The van der Waals surface area contributed by atoms with Gasteiger partial charge in [0, 0.05) is 12.1 Å². The second-order valence-corrected chi connectivity index (χ2v) is 5.49. The second-order valence-electron chi connectivity index (χ2n) is 5.08. The van der Waals surface area contributed by atoms with E-state index in [1.54, 1.807) is 20.3 Å². The maximum atomic E-state index is 6.16. The van der Waals surface area contributed by atoms with Crippen LogP contribution in [-0.4, -0.2) is 24.2 Å². The standard InChI is InChI=1S/C18H17ClN4O2/c1-24-12-7-8-16(25-2)15(9-12)23-18-10-17(20-11-21-18)22-14-6-4-3-5-13(14)19/h3-11H,1-2H3,(H2,20,21,22,23).